The first kappa shape index (κ1) is 125. The van der Waals surface area contributed by atoms with E-state index in [1.54, 1.807) is 79.4 Å². The number of halogens is 1. The van der Waals surface area contributed by atoms with E-state index in [-0.39, 0.29) is 171 Å². The summed E-state index contributed by atoms with van der Waals surface area (Å²) in [6.07, 6.45) is 19.2. The maximum atomic E-state index is 13.8. The number of aromatic nitrogens is 4. The van der Waals surface area contributed by atoms with Crippen molar-refractivity contribution in [1.82, 2.24) is 39.5 Å². The zero-order valence-corrected chi connectivity index (χ0v) is 95.8. The van der Waals surface area contributed by atoms with Gasteiger partial charge in [-0.05, 0) is 326 Å². The second-order valence-corrected chi connectivity index (χ2v) is 61.6. The number of likely N-dealkylation sites (tertiary alicyclic amines) is 4. The van der Waals surface area contributed by atoms with Crippen LogP contribution in [0, 0.1) is 0 Å². The summed E-state index contributed by atoms with van der Waals surface area (Å²) in [7, 11) is -3.90. The number of esters is 2. The van der Waals surface area contributed by atoms with Crippen LogP contribution in [0.1, 0.15) is 326 Å². The first-order valence-corrected chi connectivity index (χ1v) is 59.4. The number of pyridine rings is 4. The molecule has 806 valence electrons. The predicted molar refractivity (Wildman–Crippen MR) is 585 cm³/mol. The summed E-state index contributed by atoms with van der Waals surface area (Å²) >= 11 is 6.13. The summed E-state index contributed by atoms with van der Waals surface area (Å²) in [5, 5.41) is 18.7. The van der Waals surface area contributed by atoms with E-state index in [1.165, 1.54) is 14.2 Å². The Morgan fingerprint density at radius 1 is 0.361 bits per heavy atom. The van der Waals surface area contributed by atoms with E-state index in [1.807, 2.05) is 212 Å². The van der Waals surface area contributed by atoms with Gasteiger partial charge in [0.2, 0.25) is 0 Å². The fraction of sp³-hybridized carbons (Fsp3) is 0.544. The van der Waals surface area contributed by atoms with Crippen molar-refractivity contribution in [3.8, 4) is 0 Å². The molecule has 0 bridgehead atoms. The smallest absolute Gasteiger partial charge is 0.870 e. The van der Waals surface area contributed by atoms with Crippen molar-refractivity contribution >= 4 is 84.8 Å². The topological polar surface area (TPSA) is 355 Å². The molecular weight excluding hydrogens is 1930 g/mol. The molecular formula is C114H170ClLiN8O20Si3. The fourth-order valence-electron chi connectivity index (χ4n) is 17.8. The molecule has 4 aromatic heterocycles. The molecule has 33 heteroatoms. The Morgan fingerprint density at radius 2 is 0.599 bits per heavy atom. The van der Waals surface area contributed by atoms with Crippen LogP contribution in [0.15, 0.2) is 189 Å². The van der Waals surface area contributed by atoms with Gasteiger partial charge in [0.25, 0.3) is 0 Å². The molecule has 28 nitrogen and oxygen atoms in total. The van der Waals surface area contributed by atoms with Crippen LogP contribution in [0.4, 0.5) is 19.2 Å². The fourth-order valence-corrected chi connectivity index (χ4v) is 21.7. The van der Waals surface area contributed by atoms with Gasteiger partial charge >= 0.3 is 67.1 Å². The van der Waals surface area contributed by atoms with E-state index in [0.717, 1.165) is 95.9 Å². The molecule has 4 aliphatic heterocycles. The zero-order valence-electron chi connectivity index (χ0n) is 92.0. The van der Waals surface area contributed by atoms with Crippen LogP contribution in [-0.4, -0.2) is 213 Å². The Kier molecular flexibility index (Phi) is 44.8. The van der Waals surface area contributed by atoms with Crippen molar-refractivity contribution in [2.45, 2.75) is 386 Å². The second kappa shape index (κ2) is 52.5. The number of hydrogen-bond donors (Lipinski definition) is 2. The van der Waals surface area contributed by atoms with Crippen LogP contribution >= 0.6 is 11.6 Å². The molecule has 0 unspecified atom stereocenters. The van der Waals surface area contributed by atoms with Gasteiger partial charge in [-0.3, -0.25) is 29.7 Å². The second-order valence-electron chi connectivity index (χ2n) is 46.9. The number of hydrogen-bond acceptors (Lipinski definition) is 22. The van der Waals surface area contributed by atoms with Crippen molar-refractivity contribution in [1.29, 1.82) is 0 Å². The van der Waals surface area contributed by atoms with Gasteiger partial charge in [0.05, 0.1) is 72.9 Å². The third kappa shape index (κ3) is 35.5. The van der Waals surface area contributed by atoms with Gasteiger partial charge in [-0.1, -0.05) is 161 Å². The van der Waals surface area contributed by atoms with Gasteiger partial charge < -0.3 is 62.3 Å². The molecule has 4 aliphatic rings. The van der Waals surface area contributed by atoms with Crippen LogP contribution in [0.2, 0.25) is 59.5 Å². The number of nitrogens with zero attached hydrogens (tertiary/aromatic N) is 8. The molecule has 147 heavy (non-hydrogen) atoms. The SMILES string of the molecule is C.CC(C)(C)OC(=O)N1[C@H](Cc2ccc(C(=O)O)cc2)CC[C@@H]1[C@H](O[Si](C)(C)C(C)(C)C)c1cccnc1.COC(=O)c1ccc(C[C@@H]2CC[C@H]([C@H](O[Si](C)(C)C(C)(C)C)c3ccc(Cl)nc3)N2C(=O)OC(C)(C)C)cc1.COC(=O)c1ccc(C[C@@H]2CC[C@H]([C@H](O[Si](C)(C)C(C)(C)C)c3cccnc3)N2C(=O)OC(C)(C)C)cc1.C[C@H](c1cccnc1)[C@H]1CC[C@@H](Cc2ccc(C(=O)O)cc2)N1C(=O)OC(C)(C)C.[HH].[HH].[HH].[Li+].[OH-]. The zero-order chi connectivity index (χ0) is 107. The maximum Gasteiger partial charge on any atom is 1.00 e. The number of methoxy groups -OCH3 is 2. The van der Waals surface area contributed by atoms with Gasteiger partial charge in [0, 0.05) is 89.3 Å². The molecule has 8 aromatic rings. The summed E-state index contributed by atoms with van der Waals surface area (Å²) in [5.41, 5.74) is 7.00. The largest absolute Gasteiger partial charge is 1.00 e. The number of carbonyl (C=O) groups excluding carboxylic acids is 6. The van der Waals surface area contributed by atoms with E-state index in [2.05, 4.69) is 128 Å². The van der Waals surface area contributed by atoms with Crippen LogP contribution in [0.5, 0.6) is 0 Å². The van der Waals surface area contributed by atoms with E-state index in [9.17, 15) is 43.5 Å². The number of rotatable bonds is 26. The van der Waals surface area contributed by atoms with Crippen molar-refractivity contribution in [3.05, 3.63) is 261 Å². The first-order valence-electron chi connectivity index (χ1n) is 50.3. The number of ether oxygens (including phenoxy) is 6. The normalized spacial score (nSPS) is 19.0. The average Bonchev–Trinajstić information content (AvgIpc) is 1.61. The van der Waals surface area contributed by atoms with E-state index >= 15 is 0 Å². The maximum absolute atomic E-state index is 13.8. The van der Waals surface area contributed by atoms with E-state index < -0.39 is 59.3 Å². The first-order chi connectivity index (χ1) is 66.9. The molecule has 4 aromatic carbocycles. The van der Waals surface area contributed by atoms with Crippen molar-refractivity contribution in [2.24, 2.45) is 0 Å². The molecule has 4 fully saturated rings. The van der Waals surface area contributed by atoms with Gasteiger partial charge in [-0.15, -0.1) is 0 Å². The third-order valence-electron chi connectivity index (χ3n) is 28.3. The van der Waals surface area contributed by atoms with Gasteiger partial charge in [0.1, 0.15) is 27.6 Å². The van der Waals surface area contributed by atoms with Crippen molar-refractivity contribution < 1.29 is 119 Å². The number of carboxylic acids is 2. The minimum Gasteiger partial charge on any atom is -0.870 e. The standard InChI is InChI=1S/C30H43ClN2O5Si.C30H44N2O5Si.C29H42N2O5Si.C24H30N2O4.CH4.Li.H2O.3H2/c1-29(2,3)37-28(35)33-23(18-20-10-12-21(13-11-20)27(34)36-7)15-16-24(33)26(22-14-17-25(31)32-19-22)38-39(8,9)30(4,5)6;1-29(2,3)36-28(34)32-24(19-21-12-14-22(15-13-21)27(33)35-7)16-17-25(32)26(23-11-10-18-31-20-23)37-38(8,9)30(4,5)6;1-28(2,3)35-27(34)31-23(18-20-11-13-21(14-12-20)26(32)33)15-16-24(31)25(22-10-9-17-30-19-22)36-37(7,8)29(4,5)6;1-16(19-6-5-13-25-15-19)21-12-11-20(26(21)23(29)30-24(2,3)4)14-17-7-9-18(10-8-17)22(27)28;;;;;;/h10-14,17,19,23-24,26H,15-16,18H2,1-9H3;10-15,18,20,24-26H,16-17,19H2,1-9H3;9-14,17,19,23-25H,15-16,18H2,1-8H3,(H,32,33);5-10,13,15-16,20-21H,11-12,14H2,1-4H3,(H,27,28);1H4;;1H2;3*1H/q;;;;;+1;;;;/p-1/t23-,24+,26+;24-,25+,26+;23-,24+,25+;16-,20+,21-;;;;;;/m0001....../s1. The molecule has 0 spiro atoms. The quantitative estimate of drug-likeness (QED) is 0.0220. The Labute approximate surface area is 898 Å². The summed E-state index contributed by atoms with van der Waals surface area (Å²) in [6, 6.07) is 43.2. The van der Waals surface area contributed by atoms with Crippen molar-refractivity contribution in [3.63, 3.8) is 0 Å². The van der Waals surface area contributed by atoms with Gasteiger partial charge in [-0.2, -0.15) is 0 Å². The number of carboxylic acid groups (broad SMARTS) is 2. The minimum atomic E-state index is -2.24. The predicted octanol–water partition coefficient (Wildman–Crippen LogP) is 24.5. The summed E-state index contributed by atoms with van der Waals surface area (Å²) < 4.78 is 54.2. The molecule has 12 atom stereocenters. The van der Waals surface area contributed by atoms with Gasteiger partial charge in [0.15, 0.2) is 25.0 Å². The molecule has 12 rings (SSSR count). The molecule has 0 radical (unpaired) electrons. The molecule has 0 saturated carbocycles. The van der Waals surface area contributed by atoms with Crippen LogP contribution in [-0.2, 0) is 67.4 Å². The summed E-state index contributed by atoms with van der Waals surface area (Å²) in [4.78, 5) is 125. The number of aromatic carboxylic acids is 2. The monoisotopic (exact) mass is 2100 g/mol. The summed E-state index contributed by atoms with van der Waals surface area (Å²) in [6.45, 7) is 58.0. The molecule has 4 saturated heterocycles. The van der Waals surface area contributed by atoms with Gasteiger partial charge in [-0.25, -0.2) is 43.3 Å². The van der Waals surface area contributed by atoms with Crippen LogP contribution < -0.4 is 18.9 Å². The van der Waals surface area contributed by atoms with Crippen molar-refractivity contribution in [2.75, 3.05) is 14.2 Å². The summed E-state index contributed by atoms with van der Waals surface area (Å²) in [5.74, 6) is -2.51. The Balaban J connectivity index is 0.000000509. The Bertz CT molecular complexity index is 5580. The average molecular weight is 2100 g/mol. The molecule has 4 amide bonds. The number of carbonyl (C=O) groups is 8. The van der Waals surface area contributed by atoms with Crippen LogP contribution in [0.25, 0.3) is 0 Å². The molecule has 0 aliphatic carbocycles. The van der Waals surface area contributed by atoms with Crippen LogP contribution in [0.3, 0.4) is 0 Å². The third-order valence-corrected chi connectivity index (χ3v) is 41.9. The molecule has 3 N–H and O–H groups in total. The minimum absolute atomic E-state index is 0. The number of benzene rings is 4. The van der Waals surface area contributed by atoms with E-state index in [0.29, 0.717) is 42.0 Å². The number of amides is 4. The molecule has 8 heterocycles. The van der Waals surface area contributed by atoms with E-state index in [4.69, 9.17) is 58.4 Å². The Morgan fingerprint density at radius 3 is 0.816 bits per heavy atom. The Hall–Kier alpha value is -10.2.